The van der Waals surface area contributed by atoms with E-state index >= 15 is 0 Å². The van der Waals surface area contributed by atoms with Crippen molar-refractivity contribution in [2.24, 2.45) is 0 Å². The predicted octanol–water partition coefficient (Wildman–Crippen LogP) is -0.772. The Bertz CT molecular complexity index is 362. The minimum Gasteiger partial charge on any atom is -0.394 e. The van der Waals surface area contributed by atoms with E-state index in [0.29, 0.717) is 19.6 Å². The molecular formula is C11H21N5O2. The summed E-state index contributed by atoms with van der Waals surface area (Å²) in [4.78, 5) is 13.5. The molecule has 0 aliphatic heterocycles. The summed E-state index contributed by atoms with van der Waals surface area (Å²) >= 11 is 0. The zero-order valence-electron chi connectivity index (χ0n) is 11.0. The molecule has 2 N–H and O–H groups in total. The van der Waals surface area contributed by atoms with Crippen molar-refractivity contribution >= 4 is 5.91 Å². The Hall–Kier alpha value is -1.47. The van der Waals surface area contributed by atoms with Gasteiger partial charge in [0.2, 0.25) is 5.91 Å². The first-order valence-electron chi connectivity index (χ1n) is 6.19. The fraction of sp³-hybridized carbons (Fsp3) is 0.727. The number of rotatable bonds is 8. The van der Waals surface area contributed by atoms with Crippen LogP contribution in [0.5, 0.6) is 0 Å². The Labute approximate surface area is 107 Å². The molecule has 0 aliphatic carbocycles. The van der Waals surface area contributed by atoms with Crippen LogP contribution < -0.4 is 5.32 Å². The maximum absolute atomic E-state index is 11.7. The molecule has 0 aromatic carbocycles. The van der Waals surface area contributed by atoms with Gasteiger partial charge in [-0.2, -0.15) is 0 Å². The van der Waals surface area contributed by atoms with Crippen LogP contribution in [0, 0.1) is 0 Å². The number of carbonyl (C=O) groups is 1. The molecule has 0 saturated heterocycles. The third kappa shape index (κ3) is 4.42. The van der Waals surface area contributed by atoms with Crippen molar-refractivity contribution in [1.82, 2.24) is 25.2 Å². The lowest BCUT2D eigenvalue weighted by molar-refractivity contribution is -0.129. The summed E-state index contributed by atoms with van der Waals surface area (Å²) in [6.45, 7) is 6.65. The molecule has 7 heteroatoms. The van der Waals surface area contributed by atoms with Crippen LogP contribution in [-0.4, -0.2) is 57.1 Å². The van der Waals surface area contributed by atoms with Crippen molar-refractivity contribution in [1.29, 1.82) is 0 Å². The third-order valence-corrected chi connectivity index (χ3v) is 2.61. The van der Waals surface area contributed by atoms with Gasteiger partial charge in [-0.3, -0.25) is 4.79 Å². The van der Waals surface area contributed by atoms with Gasteiger partial charge in [0.25, 0.3) is 0 Å². The molecule has 102 valence electrons. The van der Waals surface area contributed by atoms with E-state index in [2.05, 4.69) is 15.6 Å². The van der Waals surface area contributed by atoms with E-state index in [1.54, 1.807) is 15.8 Å². The van der Waals surface area contributed by atoms with Crippen LogP contribution in [-0.2, 0) is 17.9 Å². The minimum atomic E-state index is 0.0384. The van der Waals surface area contributed by atoms with Crippen LogP contribution in [0.2, 0.25) is 0 Å². The number of nitrogens with zero attached hydrogens (tertiary/aromatic N) is 4. The molecule has 0 fully saturated rings. The maximum atomic E-state index is 11.7. The Morgan fingerprint density at radius 1 is 1.50 bits per heavy atom. The number of aliphatic hydroxyl groups is 1. The molecular weight excluding hydrogens is 234 g/mol. The summed E-state index contributed by atoms with van der Waals surface area (Å²) in [5, 5.41) is 19.5. The summed E-state index contributed by atoms with van der Waals surface area (Å²) in [6, 6.07) is 0. The van der Waals surface area contributed by atoms with E-state index in [1.807, 2.05) is 13.8 Å². The average Bonchev–Trinajstić information content (AvgIpc) is 2.79. The molecule has 1 aromatic heterocycles. The second-order valence-corrected chi connectivity index (χ2v) is 3.87. The molecule has 1 amide bonds. The molecule has 1 heterocycles. The molecule has 7 nitrogen and oxygen atoms in total. The van der Waals surface area contributed by atoms with Crippen molar-refractivity contribution in [3.63, 3.8) is 0 Å². The van der Waals surface area contributed by atoms with Gasteiger partial charge in [0.15, 0.2) is 0 Å². The molecule has 0 spiro atoms. The highest BCUT2D eigenvalue weighted by atomic mass is 16.3. The van der Waals surface area contributed by atoms with Crippen LogP contribution in [0.4, 0.5) is 0 Å². The van der Waals surface area contributed by atoms with Gasteiger partial charge in [-0.05, 0) is 13.8 Å². The lowest BCUT2D eigenvalue weighted by Gasteiger charge is -2.18. The van der Waals surface area contributed by atoms with Gasteiger partial charge >= 0.3 is 0 Å². The average molecular weight is 255 g/mol. The van der Waals surface area contributed by atoms with Crippen LogP contribution >= 0.6 is 0 Å². The Kier molecular flexibility index (Phi) is 6.31. The summed E-state index contributed by atoms with van der Waals surface area (Å²) in [6.07, 6.45) is 1.76. The second-order valence-electron chi connectivity index (χ2n) is 3.87. The first kappa shape index (κ1) is 14.6. The number of aliphatic hydroxyl groups excluding tert-OH is 1. The number of hydrogen-bond acceptors (Lipinski definition) is 5. The van der Waals surface area contributed by atoms with E-state index in [4.69, 9.17) is 5.11 Å². The largest absolute Gasteiger partial charge is 0.394 e. The number of nitrogens with one attached hydrogen (secondary N) is 1. The summed E-state index contributed by atoms with van der Waals surface area (Å²) in [5.74, 6) is 0.0859. The fourth-order valence-corrected chi connectivity index (χ4v) is 1.62. The van der Waals surface area contributed by atoms with E-state index in [-0.39, 0.29) is 12.5 Å². The normalized spacial score (nSPS) is 10.6. The SMILES string of the molecule is CCN(CC)C(=O)CNCc1cn(CCO)nn1. The Morgan fingerprint density at radius 2 is 2.22 bits per heavy atom. The highest BCUT2D eigenvalue weighted by molar-refractivity contribution is 5.78. The van der Waals surface area contributed by atoms with Crippen LogP contribution in [0.15, 0.2) is 6.20 Å². The van der Waals surface area contributed by atoms with Gasteiger partial charge in [0.05, 0.1) is 25.4 Å². The van der Waals surface area contributed by atoms with E-state index in [1.165, 1.54) is 0 Å². The molecule has 0 bridgehead atoms. The van der Waals surface area contributed by atoms with Gasteiger partial charge < -0.3 is 15.3 Å². The van der Waals surface area contributed by atoms with Crippen LogP contribution in [0.25, 0.3) is 0 Å². The summed E-state index contributed by atoms with van der Waals surface area (Å²) in [5.41, 5.74) is 0.760. The maximum Gasteiger partial charge on any atom is 0.236 e. The second kappa shape index (κ2) is 7.78. The van der Waals surface area contributed by atoms with E-state index < -0.39 is 0 Å². The Morgan fingerprint density at radius 3 is 2.83 bits per heavy atom. The molecule has 0 unspecified atom stereocenters. The van der Waals surface area contributed by atoms with Crippen molar-refractivity contribution in [3.8, 4) is 0 Å². The standard InChI is InChI=1S/C11H21N5O2/c1-3-15(4-2)11(18)8-12-7-10-9-16(5-6-17)14-13-10/h9,12,17H,3-8H2,1-2H3. The molecule has 0 saturated carbocycles. The quantitative estimate of drug-likeness (QED) is 0.637. The van der Waals surface area contributed by atoms with Gasteiger partial charge in [0, 0.05) is 25.8 Å². The molecule has 0 radical (unpaired) electrons. The van der Waals surface area contributed by atoms with Crippen LogP contribution in [0.1, 0.15) is 19.5 Å². The molecule has 0 atom stereocenters. The van der Waals surface area contributed by atoms with Crippen molar-refractivity contribution in [2.75, 3.05) is 26.2 Å². The number of amides is 1. The minimum absolute atomic E-state index is 0.0384. The predicted molar refractivity (Wildman–Crippen MR) is 66.7 cm³/mol. The molecule has 18 heavy (non-hydrogen) atoms. The van der Waals surface area contributed by atoms with E-state index in [9.17, 15) is 4.79 Å². The first-order valence-corrected chi connectivity index (χ1v) is 6.19. The molecule has 1 rings (SSSR count). The number of likely N-dealkylation sites (N-methyl/N-ethyl adjacent to an activating group) is 1. The van der Waals surface area contributed by atoms with Gasteiger partial charge in [0.1, 0.15) is 0 Å². The zero-order chi connectivity index (χ0) is 13.4. The smallest absolute Gasteiger partial charge is 0.236 e. The number of hydrogen-bond donors (Lipinski definition) is 2. The number of carbonyl (C=O) groups excluding carboxylic acids is 1. The van der Waals surface area contributed by atoms with E-state index in [0.717, 1.165) is 18.8 Å². The lowest BCUT2D eigenvalue weighted by atomic mass is 10.4. The topological polar surface area (TPSA) is 83.3 Å². The van der Waals surface area contributed by atoms with Crippen molar-refractivity contribution in [3.05, 3.63) is 11.9 Å². The fourth-order valence-electron chi connectivity index (χ4n) is 1.62. The highest BCUT2D eigenvalue weighted by Crippen LogP contribution is 1.93. The van der Waals surface area contributed by atoms with Gasteiger partial charge in [-0.25, -0.2) is 4.68 Å². The van der Waals surface area contributed by atoms with Gasteiger partial charge in [-0.1, -0.05) is 5.21 Å². The third-order valence-electron chi connectivity index (χ3n) is 2.61. The lowest BCUT2D eigenvalue weighted by Crippen LogP contribution is -2.37. The first-order chi connectivity index (χ1) is 8.71. The zero-order valence-corrected chi connectivity index (χ0v) is 11.0. The summed E-state index contributed by atoms with van der Waals surface area (Å²) < 4.78 is 1.57. The Balaban J connectivity index is 2.30. The molecule has 1 aromatic rings. The van der Waals surface area contributed by atoms with Crippen molar-refractivity contribution < 1.29 is 9.90 Å². The summed E-state index contributed by atoms with van der Waals surface area (Å²) in [7, 11) is 0. The number of aromatic nitrogens is 3. The van der Waals surface area contributed by atoms with Gasteiger partial charge in [-0.15, -0.1) is 5.10 Å². The highest BCUT2D eigenvalue weighted by Gasteiger charge is 2.08. The van der Waals surface area contributed by atoms with Crippen molar-refractivity contribution in [2.45, 2.75) is 26.9 Å². The monoisotopic (exact) mass is 255 g/mol. The van der Waals surface area contributed by atoms with Crippen LogP contribution in [0.3, 0.4) is 0 Å². The molecule has 0 aliphatic rings.